The molecule has 31 heavy (non-hydrogen) atoms. The van der Waals surface area contributed by atoms with Gasteiger partial charge in [0.2, 0.25) is 5.95 Å². The van der Waals surface area contributed by atoms with Crippen LogP contribution in [-0.2, 0) is 0 Å². The van der Waals surface area contributed by atoms with Crippen molar-refractivity contribution in [3.8, 4) is 22.8 Å². The summed E-state index contributed by atoms with van der Waals surface area (Å²) < 4.78 is 5.76. The lowest BCUT2D eigenvalue weighted by Crippen LogP contribution is -2.12. The fraction of sp³-hybridized carbons (Fsp3) is 0.0435. The van der Waals surface area contributed by atoms with Crippen LogP contribution in [0.1, 0.15) is 16.1 Å². The van der Waals surface area contributed by atoms with Crippen LogP contribution in [0.2, 0.25) is 0 Å². The first-order valence-electron chi connectivity index (χ1n) is 9.49. The van der Waals surface area contributed by atoms with E-state index in [0.29, 0.717) is 17.3 Å². The summed E-state index contributed by atoms with van der Waals surface area (Å²) in [6.07, 6.45) is 1.47. The molecule has 2 heterocycles. The van der Waals surface area contributed by atoms with Gasteiger partial charge in [0.25, 0.3) is 5.91 Å². The molecular weight excluding hydrogens is 392 g/mol. The fourth-order valence-electron chi connectivity index (χ4n) is 2.98. The first-order chi connectivity index (χ1) is 15.0. The van der Waals surface area contributed by atoms with E-state index in [-0.39, 0.29) is 11.6 Å². The highest BCUT2D eigenvalue weighted by Gasteiger charge is 2.07. The zero-order valence-electron chi connectivity index (χ0n) is 16.7. The molecule has 5 N–H and O–H groups in total. The molecule has 0 saturated heterocycles. The van der Waals surface area contributed by atoms with Crippen LogP contribution in [0.3, 0.4) is 0 Å². The largest absolute Gasteiger partial charge is 0.457 e. The lowest BCUT2D eigenvalue weighted by Gasteiger charge is -2.10. The summed E-state index contributed by atoms with van der Waals surface area (Å²) in [5.41, 5.74) is 14.9. The van der Waals surface area contributed by atoms with Crippen molar-refractivity contribution in [3.05, 3.63) is 84.2 Å². The van der Waals surface area contributed by atoms with Crippen molar-refractivity contribution in [1.29, 1.82) is 0 Å². The minimum Gasteiger partial charge on any atom is -0.457 e. The van der Waals surface area contributed by atoms with Crippen LogP contribution in [0.15, 0.2) is 72.9 Å². The second-order valence-corrected chi connectivity index (χ2v) is 6.86. The van der Waals surface area contributed by atoms with Crippen LogP contribution in [0, 0.1) is 6.92 Å². The minimum atomic E-state index is -0.612. The van der Waals surface area contributed by atoms with Gasteiger partial charge in [-0.1, -0.05) is 23.8 Å². The van der Waals surface area contributed by atoms with E-state index in [1.54, 1.807) is 18.2 Å². The molecule has 0 aliphatic heterocycles. The van der Waals surface area contributed by atoms with Crippen LogP contribution in [0.25, 0.3) is 11.3 Å². The first-order valence-corrected chi connectivity index (χ1v) is 9.49. The summed E-state index contributed by atoms with van der Waals surface area (Å²) in [7, 11) is 0. The molecule has 0 aliphatic carbocycles. The molecule has 4 aromatic rings. The van der Waals surface area contributed by atoms with Gasteiger partial charge in [-0.05, 0) is 43.3 Å². The molecule has 0 unspecified atom stereocenters. The molecule has 0 saturated carbocycles. The van der Waals surface area contributed by atoms with Crippen LogP contribution in [0.4, 0.5) is 17.5 Å². The Morgan fingerprint density at radius 3 is 2.52 bits per heavy atom. The number of carbonyl (C=O) groups excluding carboxylic acids is 1. The van der Waals surface area contributed by atoms with Gasteiger partial charge in [0.15, 0.2) is 0 Å². The van der Waals surface area contributed by atoms with Gasteiger partial charge in [0, 0.05) is 29.6 Å². The normalized spacial score (nSPS) is 10.5. The van der Waals surface area contributed by atoms with E-state index >= 15 is 0 Å². The van der Waals surface area contributed by atoms with Crippen molar-refractivity contribution in [1.82, 2.24) is 15.0 Å². The van der Waals surface area contributed by atoms with E-state index in [2.05, 4.69) is 20.3 Å². The van der Waals surface area contributed by atoms with Gasteiger partial charge in [-0.3, -0.25) is 9.78 Å². The van der Waals surface area contributed by atoms with Gasteiger partial charge in [0.1, 0.15) is 23.0 Å². The Morgan fingerprint density at radius 1 is 0.968 bits per heavy atom. The maximum absolute atomic E-state index is 11.3. The number of anilines is 3. The standard InChI is InChI=1S/C23H20N6O2/c1-14-3-2-4-15(11-14)19-13-21(29-23(25)28-19)27-16-5-7-17(8-6-16)31-18-9-10-26-20(12-18)22(24)30/h2-13H,1H3,(H2,24,30)(H3,25,27,28,29). The molecule has 8 heteroatoms. The number of nitrogens with zero attached hydrogens (tertiary/aromatic N) is 3. The average molecular weight is 412 g/mol. The number of ether oxygens (including phenoxy) is 1. The van der Waals surface area contributed by atoms with E-state index in [4.69, 9.17) is 16.2 Å². The number of hydrogen-bond donors (Lipinski definition) is 3. The predicted molar refractivity (Wildman–Crippen MR) is 119 cm³/mol. The third-order valence-electron chi connectivity index (χ3n) is 4.40. The Kier molecular flexibility index (Phi) is 5.44. The summed E-state index contributed by atoms with van der Waals surface area (Å²) in [5.74, 6) is 1.21. The van der Waals surface area contributed by atoms with Crippen molar-refractivity contribution < 1.29 is 9.53 Å². The minimum absolute atomic E-state index is 0.140. The van der Waals surface area contributed by atoms with Gasteiger partial charge in [-0.25, -0.2) is 4.98 Å². The molecule has 0 fully saturated rings. The number of amides is 1. The van der Waals surface area contributed by atoms with Crippen molar-refractivity contribution in [2.24, 2.45) is 5.73 Å². The van der Waals surface area contributed by atoms with Gasteiger partial charge in [-0.15, -0.1) is 0 Å². The molecule has 1 amide bonds. The third-order valence-corrected chi connectivity index (χ3v) is 4.40. The van der Waals surface area contributed by atoms with Gasteiger partial charge in [-0.2, -0.15) is 4.98 Å². The number of nitrogen functional groups attached to an aromatic ring is 1. The Morgan fingerprint density at radius 2 is 1.77 bits per heavy atom. The number of nitrogens with one attached hydrogen (secondary N) is 1. The zero-order valence-corrected chi connectivity index (χ0v) is 16.7. The molecule has 154 valence electrons. The van der Waals surface area contributed by atoms with Crippen LogP contribution in [-0.4, -0.2) is 20.9 Å². The Bertz CT molecular complexity index is 1240. The Labute approximate surface area is 178 Å². The maximum Gasteiger partial charge on any atom is 0.267 e. The average Bonchev–Trinajstić information content (AvgIpc) is 2.75. The molecule has 0 aliphatic rings. The number of hydrogen-bond acceptors (Lipinski definition) is 7. The highest BCUT2D eigenvalue weighted by molar-refractivity contribution is 5.91. The summed E-state index contributed by atoms with van der Waals surface area (Å²) in [4.78, 5) is 23.8. The highest BCUT2D eigenvalue weighted by atomic mass is 16.5. The number of benzene rings is 2. The number of rotatable bonds is 6. The van der Waals surface area contributed by atoms with Gasteiger partial charge >= 0.3 is 0 Å². The Balaban J connectivity index is 1.50. The van der Waals surface area contributed by atoms with E-state index in [0.717, 1.165) is 22.5 Å². The lowest BCUT2D eigenvalue weighted by molar-refractivity contribution is 0.0995. The summed E-state index contributed by atoms with van der Waals surface area (Å²) in [5, 5.41) is 3.23. The molecule has 8 nitrogen and oxygen atoms in total. The van der Waals surface area contributed by atoms with E-state index in [9.17, 15) is 4.79 Å². The summed E-state index contributed by atoms with van der Waals surface area (Å²) in [6, 6.07) is 20.3. The quantitative estimate of drug-likeness (QED) is 0.435. The number of nitrogens with two attached hydrogens (primary N) is 2. The molecule has 2 aromatic carbocycles. The molecular formula is C23H20N6O2. The topological polar surface area (TPSA) is 129 Å². The molecule has 0 bridgehead atoms. The van der Waals surface area contributed by atoms with Crippen molar-refractivity contribution >= 4 is 23.4 Å². The second-order valence-electron chi connectivity index (χ2n) is 6.86. The van der Waals surface area contributed by atoms with Gasteiger partial charge in [0.05, 0.1) is 5.69 Å². The van der Waals surface area contributed by atoms with E-state index < -0.39 is 5.91 Å². The van der Waals surface area contributed by atoms with Crippen molar-refractivity contribution in [2.75, 3.05) is 11.1 Å². The SMILES string of the molecule is Cc1cccc(-c2cc(Nc3ccc(Oc4ccnc(C(N)=O)c4)cc3)nc(N)n2)c1. The summed E-state index contributed by atoms with van der Waals surface area (Å²) in [6.45, 7) is 2.03. The number of primary amides is 1. The number of aromatic nitrogens is 3. The number of carbonyl (C=O) groups is 1. The van der Waals surface area contributed by atoms with Crippen LogP contribution in [0.5, 0.6) is 11.5 Å². The summed E-state index contributed by atoms with van der Waals surface area (Å²) >= 11 is 0. The zero-order chi connectivity index (χ0) is 21.8. The van der Waals surface area contributed by atoms with E-state index in [1.807, 2.05) is 49.4 Å². The van der Waals surface area contributed by atoms with Gasteiger partial charge < -0.3 is 21.5 Å². The predicted octanol–water partition coefficient (Wildman–Crippen LogP) is 4.06. The smallest absolute Gasteiger partial charge is 0.267 e. The molecule has 2 aromatic heterocycles. The molecule has 0 radical (unpaired) electrons. The molecule has 0 spiro atoms. The fourth-order valence-corrected chi connectivity index (χ4v) is 2.98. The number of aryl methyl sites for hydroxylation is 1. The third kappa shape index (κ3) is 4.94. The lowest BCUT2D eigenvalue weighted by atomic mass is 10.1. The Hall–Kier alpha value is -4.46. The van der Waals surface area contributed by atoms with Crippen molar-refractivity contribution in [3.63, 3.8) is 0 Å². The second kappa shape index (κ2) is 8.50. The van der Waals surface area contributed by atoms with Crippen LogP contribution >= 0.6 is 0 Å². The maximum atomic E-state index is 11.3. The monoisotopic (exact) mass is 412 g/mol. The highest BCUT2D eigenvalue weighted by Crippen LogP contribution is 2.26. The number of pyridine rings is 1. The first kappa shape index (κ1) is 19.8. The van der Waals surface area contributed by atoms with E-state index in [1.165, 1.54) is 12.3 Å². The van der Waals surface area contributed by atoms with Crippen LogP contribution < -0.4 is 21.5 Å². The molecule has 0 atom stereocenters. The van der Waals surface area contributed by atoms with Crippen molar-refractivity contribution in [2.45, 2.75) is 6.92 Å². The molecule has 4 rings (SSSR count).